The van der Waals surface area contributed by atoms with Crippen molar-refractivity contribution in [2.75, 3.05) is 24.7 Å². The van der Waals surface area contributed by atoms with Crippen LogP contribution < -0.4 is 14.2 Å². The monoisotopic (exact) mass is 473 g/mol. The maximum absolute atomic E-state index is 12.9. The minimum absolute atomic E-state index is 0.00249. The van der Waals surface area contributed by atoms with Crippen LogP contribution in [-0.2, 0) is 10.0 Å². The second-order valence-corrected chi connectivity index (χ2v) is 9.85. The highest BCUT2D eigenvalue weighted by molar-refractivity contribution is 7.92. The first-order valence-corrected chi connectivity index (χ1v) is 12.3. The minimum Gasteiger partial charge on any atom is -0.494 e. The Balaban J connectivity index is 1.82. The van der Waals surface area contributed by atoms with Gasteiger partial charge < -0.3 is 14.6 Å². The molecule has 0 aliphatic heterocycles. The van der Waals surface area contributed by atoms with E-state index in [0.29, 0.717) is 28.6 Å². The molecule has 0 bridgehead atoms. The molecule has 2 N–H and O–H groups in total. The van der Waals surface area contributed by atoms with Gasteiger partial charge in [-0.15, -0.1) is 10.2 Å². The van der Waals surface area contributed by atoms with Crippen LogP contribution in [0.5, 0.6) is 11.5 Å². The first-order valence-electron chi connectivity index (χ1n) is 10.6. The molecule has 0 unspecified atom stereocenters. The van der Waals surface area contributed by atoms with Gasteiger partial charge in [0.25, 0.3) is 0 Å². The molecule has 2 aromatic heterocycles. The fraction of sp³-hybridized carbons (Fsp3) is 0.409. The number of para-hydroxylation sites is 1. The van der Waals surface area contributed by atoms with Gasteiger partial charge in [0, 0.05) is 18.0 Å². The summed E-state index contributed by atoms with van der Waals surface area (Å²) in [5, 5.41) is 18.7. The lowest BCUT2D eigenvalue weighted by Gasteiger charge is -2.30. The topological polar surface area (TPSA) is 128 Å². The predicted molar refractivity (Wildman–Crippen MR) is 123 cm³/mol. The fourth-order valence-corrected chi connectivity index (χ4v) is 5.06. The molecule has 1 atom stereocenters. The van der Waals surface area contributed by atoms with Crippen LogP contribution in [0, 0.1) is 12.8 Å². The molecule has 176 valence electrons. The lowest BCUT2D eigenvalue weighted by atomic mass is 9.82. The van der Waals surface area contributed by atoms with Gasteiger partial charge in [0.05, 0.1) is 26.1 Å². The number of nitrogens with one attached hydrogen (secondary N) is 1. The van der Waals surface area contributed by atoms with Crippen molar-refractivity contribution in [2.45, 2.75) is 32.3 Å². The average molecular weight is 474 g/mol. The van der Waals surface area contributed by atoms with Crippen LogP contribution in [0.1, 0.15) is 24.8 Å². The van der Waals surface area contributed by atoms with E-state index in [2.05, 4.69) is 19.9 Å². The van der Waals surface area contributed by atoms with Gasteiger partial charge in [0.15, 0.2) is 5.82 Å². The Labute approximate surface area is 192 Å². The van der Waals surface area contributed by atoms with Crippen LogP contribution in [0.4, 0.5) is 5.95 Å². The molecule has 1 aromatic carbocycles. The number of anilines is 1. The zero-order valence-corrected chi connectivity index (χ0v) is 19.5. The SMILES string of the molecule is COc1cccc(OC)c1-n1c(NS(=O)(=O)C[C@@H](O)C2CCC2)nnc1-c1cncc(C)c1. The van der Waals surface area contributed by atoms with Gasteiger partial charge in [-0.25, -0.2) is 8.42 Å². The highest BCUT2D eigenvalue weighted by Crippen LogP contribution is 2.38. The summed E-state index contributed by atoms with van der Waals surface area (Å²) < 4.78 is 40.9. The van der Waals surface area contributed by atoms with Crippen LogP contribution in [0.15, 0.2) is 36.7 Å². The third kappa shape index (κ3) is 4.79. The van der Waals surface area contributed by atoms with Crippen LogP contribution >= 0.6 is 0 Å². The number of pyridine rings is 1. The Morgan fingerprint density at radius 2 is 1.88 bits per heavy atom. The maximum atomic E-state index is 12.9. The number of aryl methyl sites for hydroxylation is 1. The van der Waals surface area contributed by atoms with E-state index < -0.39 is 21.9 Å². The largest absolute Gasteiger partial charge is 0.494 e. The number of aromatic nitrogens is 4. The molecule has 0 radical (unpaired) electrons. The lowest BCUT2D eigenvalue weighted by molar-refractivity contribution is 0.0804. The number of aliphatic hydroxyl groups excluding tert-OH is 1. The van der Waals surface area contributed by atoms with E-state index in [1.54, 1.807) is 30.6 Å². The lowest BCUT2D eigenvalue weighted by Crippen LogP contribution is -2.35. The molecule has 0 spiro atoms. The molecule has 1 fully saturated rings. The van der Waals surface area contributed by atoms with E-state index >= 15 is 0 Å². The molecule has 33 heavy (non-hydrogen) atoms. The van der Waals surface area contributed by atoms with E-state index in [9.17, 15) is 13.5 Å². The zero-order chi connectivity index (χ0) is 23.6. The zero-order valence-electron chi connectivity index (χ0n) is 18.7. The molecule has 4 rings (SSSR count). The third-order valence-corrected chi connectivity index (χ3v) is 7.03. The van der Waals surface area contributed by atoms with Gasteiger partial charge in [0.1, 0.15) is 17.2 Å². The van der Waals surface area contributed by atoms with Gasteiger partial charge >= 0.3 is 0 Å². The van der Waals surface area contributed by atoms with E-state index in [0.717, 1.165) is 24.8 Å². The second-order valence-electron chi connectivity index (χ2n) is 8.09. The van der Waals surface area contributed by atoms with Gasteiger partial charge in [0.2, 0.25) is 16.0 Å². The third-order valence-electron chi connectivity index (χ3n) is 5.75. The number of hydrogen-bond acceptors (Lipinski definition) is 8. The summed E-state index contributed by atoms with van der Waals surface area (Å²) in [6.07, 6.45) is 5.05. The van der Waals surface area contributed by atoms with Gasteiger partial charge in [-0.05, 0) is 49.4 Å². The van der Waals surface area contributed by atoms with Crippen molar-refractivity contribution in [2.24, 2.45) is 5.92 Å². The molecule has 1 aliphatic carbocycles. The molecule has 3 aromatic rings. The number of nitrogens with zero attached hydrogens (tertiary/aromatic N) is 4. The van der Waals surface area contributed by atoms with Crippen molar-refractivity contribution in [3.63, 3.8) is 0 Å². The normalized spacial score (nSPS) is 15.0. The van der Waals surface area contributed by atoms with Gasteiger partial charge in [-0.2, -0.15) is 0 Å². The molecule has 0 saturated heterocycles. The molecule has 0 amide bonds. The number of benzene rings is 1. The van der Waals surface area contributed by atoms with Crippen LogP contribution in [-0.4, -0.2) is 59.3 Å². The summed E-state index contributed by atoms with van der Waals surface area (Å²) in [5.74, 6) is 0.760. The molecule has 2 heterocycles. The molecule has 1 saturated carbocycles. The second kappa shape index (κ2) is 9.36. The molecule has 1 aliphatic rings. The number of aliphatic hydroxyl groups is 1. The number of methoxy groups -OCH3 is 2. The smallest absolute Gasteiger partial charge is 0.243 e. The van der Waals surface area contributed by atoms with E-state index in [1.165, 1.54) is 18.8 Å². The first-order chi connectivity index (χ1) is 15.8. The summed E-state index contributed by atoms with van der Waals surface area (Å²) in [4.78, 5) is 4.22. The summed E-state index contributed by atoms with van der Waals surface area (Å²) in [7, 11) is -0.904. The Hall–Kier alpha value is -3.18. The highest BCUT2D eigenvalue weighted by Gasteiger charge is 2.31. The van der Waals surface area contributed by atoms with Crippen LogP contribution in [0.2, 0.25) is 0 Å². The van der Waals surface area contributed by atoms with Gasteiger partial charge in [-0.3, -0.25) is 14.3 Å². The van der Waals surface area contributed by atoms with Crippen LogP contribution in [0.3, 0.4) is 0 Å². The average Bonchev–Trinajstić information content (AvgIpc) is 3.13. The van der Waals surface area contributed by atoms with Crippen molar-refractivity contribution in [1.82, 2.24) is 19.7 Å². The minimum atomic E-state index is -3.92. The summed E-state index contributed by atoms with van der Waals surface area (Å²) in [5.41, 5.74) is 1.97. The molecule has 10 nitrogen and oxygen atoms in total. The molecular weight excluding hydrogens is 446 g/mol. The Kier molecular flexibility index (Phi) is 6.52. The summed E-state index contributed by atoms with van der Waals surface area (Å²) in [6, 6.07) is 7.09. The number of sulfonamides is 1. The summed E-state index contributed by atoms with van der Waals surface area (Å²) >= 11 is 0. The number of hydrogen-bond donors (Lipinski definition) is 2. The number of rotatable bonds is 9. The summed E-state index contributed by atoms with van der Waals surface area (Å²) in [6.45, 7) is 1.90. The van der Waals surface area contributed by atoms with Gasteiger partial charge in [-0.1, -0.05) is 12.5 Å². The van der Waals surface area contributed by atoms with Crippen molar-refractivity contribution < 1.29 is 23.0 Å². The van der Waals surface area contributed by atoms with E-state index in [1.807, 2.05) is 13.0 Å². The van der Waals surface area contributed by atoms with Crippen molar-refractivity contribution >= 4 is 16.0 Å². The number of ether oxygens (including phenoxy) is 2. The Morgan fingerprint density at radius 1 is 1.18 bits per heavy atom. The van der Waals surface area contributed by atoms with Crippen molar-refractivity contribution in [3.8, 4) is 28.6 Å². The highest BCUT2D eigenvalue weighted by atomic mass is 32.2. The van der Waals surface area contributed by atoms with Crippen molar-refractivity contribution in [1.29, 1.82) is 0 Å². The standard InChI is InChI=1S/C22H27N5O5S/c1-14-10-16(12-23-11-14)21-24-25-22(26-33(29,30)13-17(28)15-6-4-7-15)27(21)20-18(31-2)8-5-9-19(20)32-3/h5,8-12,15,17,28H,4,6-7,13H2,1-3H3,(H,25,26)/t17-/m1/s1. The fourth-order valence-electron chi connectivity index (χ4n) is 3.84. The predicted octanol–water partition coefficient (Wildman–Crippen LogP) is 2.56. The van der Waals surface area contributed by atoms with Crippen LogP contribution in [0.25, 0.3) is 17.1 Å². The first kappa shape index (κ1) is 23.0. The maximum Gasteiger partial charge on any atom is 0.243 e. The molecular formula is C22H27N5O5S. The Bertz CT molecular complexity index is 1220. The van der Waals surface area contributed by atoms with Crippen molar-refractivity contribution in [3.05, 3.63) is 42.2 Å². The van der Waals surface area contributed by atoms with E-state index in [4.69, 9.17) is 9.47 Å². The molecule has 11 heteroatoms. The van der Waals surface area contributed by atoms with E-state index in [-0.39, 0.29) is 11.9 Å². The quantitative estimate of drug-likeness (QED) is 0.485. The Morgan fingerprint density at radius 3 is 2.45 bits per heavy atom.